The topological polar surface area (TPSA) is 284 Å². The first-order chi connectivity index (χ1) is 22.7. The van der Waals surface area contributed by atoms with Crippen LogP contribution in [0.5, 0.6) is 0 Å². The van der Waals surface area contributed by atoms with E-state index in [4.69, 9.17) is 62.4 Å². The third kappa shape index (κ3) is 16.5. The molecule has 1 aromatic rings. The fourth-order valence-corrected chi connectivity index (χ4v) is 3.90. The zero-order chi connectivity index (χ0) is 36.6. The molecule has 1 heterocycles. The molecule has 0 fully saturated rings. The number of ether oxygens (including phenoxy) is 4. The summed E-state index contributed by atoms with van der Waals surface area (Å²) in [6, 6.07) is 6.97. The van der Waals surface area contributed by atoms with Crippen LogP contribution in [0.1, 0.15) is 18.4 Å². The summed E-state index contributed by atoms with van der Waals surface area (Å²) in [5.41, 5.74) is 12.9. The van der Waals surface area contributed by atoms with E-state index in [0.29, 0.717) is 59.4 Å². The second-order valence-electron chi connectivity index (χ2n) is 8.78. The van der Waals surface area contributed by atoms with Crippen LogP contribution in [0.3, 0.4) is 0 Å². The zero-order valence-electron chi connectivity index (χ0n) is 26.0. The van der Waals surface area contributed by atoms with Gasteiger partial charge in [-0.3, -0.25) is 0 Å². The molecule has 0 aliphatic carbocycles. The number of esters is 2. The number of dihydropyridines is 1. The number of benzene rings is 1. The van der Waals surface area contributed by atoms with E-state index >= 15 is 0 Å². The predicted molar refractivity (Wildman–Crippen MR) is 169 cm³/mol. The molecule has 17 nitrogen and oxygen atoms in total. The molecule has 1 unspecified atom stereocenters. The van der Waals surface area contributed by atoms with E-state index in [1.54, 1.807) is 31.2 Å². The van der Waals surface area contributed by atoms with Gasteiger partial charge in [0.15, 0.2) is 0 Å². The highest BCUT2D eigenvalue weighted by molar-refractivity contribution is 6.31. The Bertz CT molecular complexity index is 1340. The first kappa shape index (κ1) is 42.9. The summed E-state index contributed by atoms with van der Waals surface area (Å²) in [6.45, 7) is 3.12. The molecular weight excluding hydrogens is 662 g/mol. The zero-order valence-corrected chi connectivity index (χ0v) is 26.8. The summed E-state index contributed by atoms with van der Waals surface area (Å²) < 4.78 is 21.6. The van der Waals surface area contributed by atoms with Gasteiger partial charge in [0.1, 0.15) is 0 Å². The van der Waals surface area contributed by atoms with Crippen molar-refractivity contribution in [3.05, 3.63) is 81.7 Å². The van der Waals surface area contributed by atoms with Crippen LogP contribution in [0, 0.1) is 0 Å². The number of carbonyl (C=O) groups excluding carboxylic acids is 2. The fraction of sp³-hybridized carbons (Fsp3) is 0.333. The maximum atomic E-state index is 13.1. The van der Waals surface area contributed by atoms with Crippen molar-refractivity contribution in [2.45, 2.75) is 12.8 Å². The lowest BCUT2D eigenvalue weighted by molar-refractivity contribution is -0.139. The van der Waals surface area contributed by atoms with E-state index in [0.717, 1.165) is 0 Å². The van der Waals surface area contributed by atoms with Crippen LogP contribution in [0.4, 0.5) is 0 Å². The molecule has 0 radical (unpaired) electrons. The number of hydrogen-bond donors (Lipinski definition) is 7. The number of nitrogens with two attached hydrogens (primary N) is 2. The van der Waals surface area contributed by atoms with E-state index in [2.05, 4.69) is 5.32 Å². The van der Waals surface area contributed by atoms with Crippen molar-refractivity contribution in [2.24, 2.45) is 11.5 Å². The highest BCUT2D eigenvalue weighted by atomic mass is 35.5. The second kappa shape index (κ2) is 24.2. The molecular formula is C30H38ClN3O14. The fourth-order valence-electron chi connectivity index (χ4n) is 3.66. The number of carbonyl (C=O) groups is 6. The monoisotopic (exact) mass is 699 g/mol. The largest absolute Gasteiger partial charge is 0.478 e. The third-order valence-corrected chi connectivity index (χ3v) is 5.74. The van der Waals surface area contributed by atoms with Crippen LogP contribution in [-0.4, -0.2) is 109 Å². The molecule has 1 aromatic carbocycles. The first-order valence-corrected chi connectivity index (χ1v) is 14.2. The van der Waals surface area contributed by atoms with Crippen LogP contribution in [-0.2, 0) is 47.7 Å². The minimum Gasteiger partial charge on any atom is -0.478 e. The number of rotatable bonds is 16. The van der Waals surface area contributed by atoms with Gasteiger partial charge in [-0.25, -0.2) is 28.8 Å². The van der Waals surface area contributed by atoms with Crippen molar-refractivity contribution in [3.8, 4) is 0 Å². The molecule has 1 atom stereocenters. The third-order valence-electron chi connectivity index (χ3n) is 5.40. The number of halogens is 1. The van der Waals surface area contributed by atoms with Gasteiger partial charge in [-0.2, -0.15) is 0 Å². The summed E-state index contributed by atoms with van der Waals surface area (Å²) in [5, 5.41) is 34.8. The Balaban J connectivity index is 0.00000113. The molecule has 0 bridgehead atoms. The summed E-state index contributed by atoms with van der Waals surface area (Å²) in [7, 11) is 1.27. The van der Waals surface area contributed by atoms with Gasteiger partial charge < -0.3 is 56.2 Å². The van der Waals surface area contributed by atoms with Crippen LogP contribution in [0.2, 0.25) is 5.02 Å². The average Bonchev–Trinajstić information content (AvgIpc) is 3.03. The molecule has 18 heteroatoms. The smallest absolute Gasteiger partial charge is 0.336 e. The molecule has 264 valence electrons. The Morgan fingerprint density at radius 1 is 0.771 bits per heavy atom. The molecule has 0 saturated carbocycles. The molecule has 0 aromatic heterocycles. The number of methoxy groups -OCH3 is 1. The standard InChI is InChI=1S/C22H30ClN3O6.2C4H4O4/c1-3-32-22(28)20-17(13-31-11-9-25)26-16(12-30-10-8-24)19(21(27)29-2)18(20)14-6-4-5-7-15(14)23;2*5-3(6)1-2-4(7)8/h4-7,18,26H,3,8-13,24-25H2,1-2H3;2*1-2H,(H,5,6)(H,7,8)/b;2*2-1+. The lowest BCUT2D eigenvalue weighted by atomic mass is 9.80. The number of carboxylic acids is 4. The van der Waals surface area contributed by atoms with Crippen molar-refractivity contribution >= 4 is 47.4 Å². The van der Waals surface area contributed by atoms with Crippen molar-refractivity contribution < 1.29 is 68.1 Å². The van der Waals surface area contributed by atoms with E-state index in [9.17, 15) is 28.8 Å². The molecule has 9 N–H and O–H groups in total. The SMILES string of the molecule is CCOC(=O)C1=C(COCCN)NC(COCCN)=C(C(=O)OC)C1c1ccccc1Cl.O=C(O)/C=C/C(=O)O.O=C(O)/C=C/C(=O)O. The molecule has 48 heavy (non-hydrogen) atoms. The average molecular weight is 700 g/mol. The maximum absolute atomic E-state index is 13.1. The van der Waals surface area contributed by atoms with Crippen LogP contribution in [0.15, 0.2) is 71.1 Å². The number of aliphatic carboxylic acids is 4. The van der Waals surface area contributed by atoms with E-state index in [1.165, 1.54) is 7.11 Å². The molecule has 1 aliphatic rings. The van der Waals surface area contributed by atoms with Gasteiger partial charge in [0, 0.05) is 42.4 Å². The minimum atomic E-state index is -1.26. The highest BCUT2D eigenvalue weighted by Crippen LogP contribution is 2.42. The highest BCUT2D eigenvalue weighted by Gasteiger charge is 2.40. The lowest BCUT2D eigenvalue weighted by Crippen LogP contribution is -2.37. The van der Waals surface area contributed by atoms with E-state index < -0.39 is 41.7 Å². The molecule has 0 amide bonds. The molecule has 0 saturated heterocycles. The maximum Gasteiger partial charge on any atom is 0.336 e. The summed E-state index contributed by atoms with van der Waals surface area (Å²) in [5.74, 6) is -7.11. The Morgan fingerprint density at radius 2 is 1.19 bits per heavy atom. The summed E-state index contributed by atoms with van der Waals surface area (Å²) >= 11 is 6.50. The normalized spacial score (nSPS) is 13.9. The summed E-state index contributed by atoms with van der Waals surface area (Å²) in [4.78, 5) is 64.2. The Hall–Kier alpha value is -5.07. The first-order valence-electron chi connectivity index (χ1n) is 13.8. The predicted octanol–water partition coefficient (Wildman–Crippen LogP) is 0.645. The van der Waals surface area contributed by atoms with E-state index in [1.807, 2.05) is 0 Å². The Morgan fingerprint density at radius 3 is 1.54 bits per heavy atom. The summed E-state index contributed by atoms with van der Waals surface area (Å²) in [6.07, 6.45) is 2.23. The second-order valence-corrected chi connectivity index (χ2v) is 9.19. The number of nitrogens with one attached hydrogen (secondary N) is 1. The van der Waals surface area contributed by atoms with Gasteiger partial charge in [-0.15, -0.1) is 0 Å². The van der Waals surface area contributed by atoms with Crippen molar-refractivity contribution in [1.82, 2.24) is 5.32 Å². The Labute approximate surface area is 280 Å². The van der Waals surface area contributed by atoms with Gasteiger partial charge in [-0.05, 0) is 18.6 Å². The van der Waals surface area contributed by atoms with Gasteiger partial charge in [0.05, 0.1) is 68.6 Å². The van der Waals surface area contributed by atoms with Crippen LogP contribution in [0.25, 0.3) is 0 Å². The van der Waals surface area contributed by atoms with Crippen molar-refractivity contribution in [3.63, 3.8) is 0 Å². The van der Waals surface area contributed by atoms with Crippen molar-refractivity contribution in [1.29, 1.82) is 0 Å². The van der Waals surface area contributed by atoms with Gasteiger partial charge in [-0.1, -0.05) is 29.8 Å². The van der Waals surface area contributed by atoms with Gasteiger partial charge in [0.25, 0.3) is 0 Å². The number of carboxylic acid groups (broad SMARTS) is 4. The Kier molecular flexibility index (Phi) is 21.6. The molecule has 1 aliphatic heterocycles. The van der Waals surface area contributed by atoms with Gasteiger partial charge >= 0.3 is 35.8 Å². The molecule has 2 rings (SSSR count). The number of hydrogen-bond acceptors (Lipinski definition) is 13. The minimum absolute atomic E-state index is 0.0408. The van der Waals surface area contributed by atoms with Crippen LogP contribution >= 0.6 is 11.6 Å². The quantitative estimate of drug-likeness (QED) is 0.0708. The van der Waals surface area contributed by atoms with Crippen molar-refractivity contribution in [2.75, 3.05) is 53.2 Å². The van der Waals surface area contributed by atoms with Gasteiger partial charge in [0.2, 0.25) is 0 Å². The van der Waals surface area contributed by atoms with Crippen LogP contribution < -0.4 is 16.8 Å². The lowest BCUT2D eigenvalue weighted by Gasteiger charge is -2.32. The molecule has 0 spiro atoms. The van der Waals surface area contributed by atoms with E-state index in [-0.39, 0.29) is 44.2 Å².